The van der Waals surface area contributed by atoms with Crippen LogP contribution in [0.2, 0.25) is 0 Å². The molecular formula is C24H26F3N3O6S2. The minimum Gasteiger partial charge on any atom is -0.465 e. The molecule has 206 valence electrons. The molecule has 0 radical (unpaired) electrons. The van der Waals surface area contributed by atoms with Crippen LogP contribution in [0.25, 0.3) is 0 Å². The minimum atomic E-state index is -4.92. The molecule has 0 spiro atoms. The number of hydrogen-bond acceptors (Lipinski definition) is 7. The number of esters is 1. The number of anilines is 1. The molecular weight excluding hydrogens is 547 g/mol. The molecule has 1 saturated heterocycles. The van der Waals surface area contributed by atoms with Crippen molar-refractivity contribution in [2.45, 2.75) is 28.8 Å². The van der Waals surface area contributed by atoms with Crippen molar-refractivity contribution in [3.8, 4) is 0 Å². The summed E-state index contributed by atoms with van der Waals surface area (Å²) < 4.78 is 72.5. The Hall–Kier alpha value is -3.10. The molecule has 14 heteroatoms. The molecule has 0 aromatic heterocycles. The Balaban J connectivity index is 1.79. The fourth-order valence-electron chi connectivity index (χ4n) is 4.05. The summed E-state index contributed by atoms with van der Waals surface area (Å²) in [7, 11) is -0.737. The van der Waals surface area contributed by atoms with Crippen LogP contribution < -0.4 is 4.90 Å². The van der Waals surface area contributed by atoms with Gasteiger partial charge in [0.2, 0.25) is 21.8 Å². The van der Waals surface area contributed by atoms with E-state index in [0.717, 1.165) is 17.0 Å². The Labute approximate surface area is 223 Å². The van der Waals surface area contributed by atoms with Gasteiger partial charge in [-0.2, -0.15) is 30.1 Å². The molecule has 0 unspecified atom stereocenters. The molecule has 0 aliphatic carbocycles. The zero-order valence-electron chi connectivity index (χ0n) is 20.7. The maximum absolute atomic E-state index is 13.5. The second-order valence-corrected chi connectivity index (χ2v) is 11.2. The van der Waals surface area contributed by atoms with Crippen LogP contribution in [0.5, 0.6) is 0 Å². The van der Waals surface area contributed by atoms with E-state index in [2.05, 4.69) is 17.4 Å². The zero-order chi connectivity index (χ0) is 28.4. The van der Waals surface area contributed by atoms with Gasteiger partial charge in [0.15, 0.2) is 0 Å². The Morgan fingerprint density at radius 1 is 1.08 bits per heavy atom. The van der Waals surface area contributed by atoms with Gasteiger partial charge in [0, 0.05) is 31.6 Å². The zero-order valence-corrected chi connectivity index (χ0v) is 22.4. The molecule has 1 aliphatic heterocycles. The number of rotatable bonds is 7. The minimum absolute atomic E-state index is 0.0429. The highest BCUT2D eigenvalue weighted by Gasteiger charge is 2.47. The van der Waals surface area contributed by atoms with Crippen molar-refractivity contribution in [2.24, 2.45) is 0 Å². The van der Waals surface area contributed by atoms with Crippen molar-refractivity contribution in [3.05, 3.63) is 59.7 Å². The van der Waals surface area contributed by atoms with Gasteiger partial charge in [0.1, 0.15) is 6.04 Å². The van der Waals surface area contributed by atoms with Gasteiger partial charge >= 0.3 is 12.1 Å². The van der Waals surface area contributed by atoms with E-state index in [1.807, 2.05) is 0 Å². The van der Waals surface area contributed by atoms with Gasteiger partial charge in [-0.1, -0.05) is 12.1 Å². The Morgan fingerprint density at radius 2 is 1.68 bits per heavy atom. The molecule has 2 aromatic rings. The van der Waals surface area contributed by atoms with Crippen molar-refractivity contribution >= 4 is 46.1 Å². The number of sulfonamides is 1. The van der Waals surface area contributed by atoms with Crippen molar-refractivity contribution in [1.29, 1.82) is 0 Å². The van der Waals surface area contributed by atoms with Gasteiger partial charge < -0.3 is 14.5 Å². The van der Waals surface area contributed by atoms with Gasteiger partial charge in [-0.25, -0.2) is 13.2 Å². The number of halogens is 3. The van der Waals surface area contributed by atoms with Crippen LogP contribution in [0, 0.1) is 0 Å². The molecule has 2 aromatic carbocycles. The largest absolute Gasteiger partial charge is 0.465 e. The number of likely N-dealkylation sites (N-methyl/N-ethyl adjacent to an activating group) is 2. The predicted octanol–water partition coefficient (Wildman–Crippen LogP) is 2.67. The van der Waals surface area contributed by atoms with Crippen LogP contribution in [0.1, 0.15) is 22.3 Å². The monoisotopic (exact) mass is 573 g/mol. The third-order valence-electron chi connectivity index (χ3n) is 6.10. The second kappa shape index (κ2) is 11.3. The highest BCUT2D eigenvalue weighted by Crippen LogP contribution is 2.37. The second-order valence-electron chi connectivity index (χ2n) is 8.66. The summed E-state index contributed by atoms with van der Waals surface area (Å²) in [4.78, 5) is 39.0. The number of hydrogen-bond donors (Lipinski definition) is 1. The van der Waals surface area contributed by atoms with E-state index in [1.54, 1.807) is 0 Å². The van der Waals surface area contributed by atoms with Crippen molar-refractivity contribution < 1.29 is 40.7 Å². The number of methoxy groups -OCH3 is 1. The van der Waals surface area contributed by atoms with Crippen LogP contribution in [0.3, 0.4) is 0 Å². The molecule has 1 fully saturated rings. The fourth-order valence-corrected chi connectivity index (χ4v) is 6.39. The Morgan fingerprint density at radius 3 is 2.26 bits per heavy atom. The number of thiol groups is 1. The fraction of sp³-hybridized carbons (Fsp3) is 0.375. The lowest BCUT2D eigenvalue weighted by Gasteiger charge is -2.29. The van der Waals surface area contributed by atoms with Gasteiger partial charge in [0.05, 0.1) is 29.7 Å². The lowest BCUT2D eigenvalue weighted by Crippen LogP contribution is -2.49. The molecule has 9 nitrogen and oxygen atoms in total. The molecule has 2 atom stereocenters. The number of alkyl halides is 3. The molecule has 0 bridgehead atoms. The van der Waals surface area contributed by atoms with Gasteiger partial charge in [-0.3, -0.25) is 9.59 Å². The lowest BCUT2D eigenvalue weighted by atomic mass is 10.2. The van der Waals surface area contributed by atoms with Crippen LogP contribution >= 0.6 is 12.6 Å². The smallest absolute Gasteiger partial charge is 0.417 e. The van der Waals surface area contributed by atoms with Crippen LogP contribution in [-0.4, -0.2) is 81.0 Å². The molecule has 38 heavy (non-hydrogen) atoms. The normalized spacial score (nSPS) is 18.2. The molecule has 0 N–H and O–H groups in total. The third kappa shape index (κ3) is 6.13. The van der Waals surface area contributed by atoms with E-state index in [-0.39, 0.29) is 18.5 Å². The first-order valence-corrected chi connectivity index (χ1v) is 13.2. The number of carbonyl (C=O) groups excluding carboxylic acids is 3. The number of amides is 2. The summed E-state index contributed by atoms with van der Waals surface area (Å²) >= 11 is 4.27. The van der Waals surface area contributed by atoms with E-state index in [9.17, 15) is 36.0 Å². The third-order valence-corrected chi connectivity index (χ3v) is 8.40. The molecule has 0 saturated carbocycles. The molecule has 3 rings (SSSR count). The van der Waals surface area contributed by atoms with Gasteiger partial charge in [-0.15, -0.1) is 0 Å². The standard InChI is InChI=1S/C24H26F3N3O6S2/c1-28(14-21(31)29(2)16-10-8-15(9-11-16)23(33)36-3)22(32)19-12-17(37)13-30(19)38(34,35)20-7-5-4-6-18(20)24(25,26)27/h4-11,17,19,37H,12-14H2,1-3H3/t17-,19+/m1/s1. The van der Waals surface area contributed by atoms with Crippen molar-refractivity contribution in [1.82, 2.24) is 9.21 Å². The molecule has 1 aliphatic rings. The van der Waals surface area contributed by atoms with E-state index in [1.165, 1.54) is 56.4 Å². The van der Waals surface area contributed by atoms with Crippen LogP contribution in [0.4, 0.5) is 18.9 Å². The first-order chi connectivity index (χ1) is 17.7. The Kier molecular flexibility index (Phi) is 8.79. The first kappa shape index (κ1) is 29.5. The average molecular weight is 574 g/mol. The quantitative estimate of drug-likeness (QED) is 0.404. The highest BCUT2D eigenvalue weighted by atomic mass is 32.2. The topological polar surface area (TPSA) is 104 Å². The lowest BCUT2D eigenvalue weighted by molar-refractivity contribution is -0.140. The van der Waals surface area contributed by atoms with E-state index >= 15 is 0 Å². The molecule has 1 heterocycles. The summed E-state index contributed by atoms with van der Waals surface area (Å²) in [6.45, 7) is -0.711. The summed E-state index contributed by atoms with van der Waals surface area (Å²) in [6, 6.07) is 8.38. The SMILES string of the molecule is COC(=O)c1ccc(N(C)C(=O)CN(C)C(=O)[C@@H]2C[C@@H](S)CN2S(=O)(=O)c2ccccc2C(F)(F)F)cc1. The van der Waals surface area contributed by atoms with Crippen LogP contribution in [0.15, 0.2) is 53.4 Å². The molecule has 2 amide bonds. The van der Waals surface area contributed by atoms with Gasteiger partial charge in [0.25, 0.3) is 0 Å². The van der Waals surface area contributed by atoms with Gasteiger partial charge in [-0.05, 0) is 42.8 Å². The summed E-state index contributed by atoms with van der Waals surface area (Å²) in [5.41, 5.74) is -0.634. The van der Waals surface area contributed by atoms with E-state index < -0.39 is 62.3 Å². The summed E-state index contributed by atoms with van der Waals surface area (Å²) in [5.74, 6) is -1.83. The summed E-state index contributed by atoms with van der Waals surface area (Å²) in [6.07, 6.45) is -4.97. The van der Waals surface area contributed by atoms with Crippen molar-refractivity contribution in [2.75, 3.05) is 39.2 Å². The highest BCUT2D eigenvalue weighted by molar-refractivity contribution is 7.89. The summed E-state index contributed by atoms with van der Waals surface area (Å²) in [5, 5.41) is -0.600. The maximum Gasteiger partial charge on any atom is 0.417 e. The van der Waals surface area contributed by atoms with Crippen LogP contribution in [-0.2, 0) is 30.5 Å². The number of carbonyl (C=O) groups is 3. The number of ether oxygens (including phenoxy) is 1. The Bertz CT molecular complexity index is 1320. The van der Waals surface area contributed by atoms with E-state index in [0.29, 0.717) is 16.1 Å². The van der Waals surface area contributed by atoms with E-state index in [4.69, 9.17) is 0 Å². The number of nitrogens with zero attached hydrogens (tertiary/aromatic N) is 3. The number of benzene rings is 2. The maximum atomic E-state index is 13.5. The average Bonchev–Trinajstić information content (AvgIpc) is 3.29. The first-order valence-electron chi connectivity index (χ1n) is 11.2. The predicted molar refractivity (Wildman–Crippen MR) is 135 cm³/mol. The van der Waals surface area contributed by atoms with Crippen molar-refractivity contribution in [3.63, 3.8) is 0 Å².